The molecule has 4 heteroatoms. The van der Waals surface area contributed by atoms with E-state index in [2.05, 4.69) is 43.2 Å². The number of halogens is 1. The Morgan fingerprint density at radius 3 is 2.43 bits per heavy atom. The summed E-state index contributed by atoms with van der Waals surface area (Å²) in [5.74, 6) is -0.385. The molecule has 196 valence electrons. The Labute approximate surface area is 222 Å². The van der Waals surface area contributed by atoms with E-state index < -0.39 is 0 Å². The van der Waals surface area contributed by atoms with E-state index in [1.54, 1.807) is 18.3 Å². The van der Waals surface area contributed by atoms with Gasteiger partial charge in [0.2, 0.25) is 5.91 Å². The molecular formula is C33H41FN2O. The van der Waals surface area contributed by atoms with Gasteiger partial charge in [0.25, 0.3) is 0 Å². The predicted molar refractivity (Wildman–Crippen MR) is 155 cm³/mol. The molecule has 1 unspecified atom stereocenters. The molecule has 3 nitrogen and oxygen atoms in total. The molecule has 0 radical (unpaired) electrons. The molecule has 1 amide bonds. The first kappa shape index (κ1) is 29.7. The highest BCUT2D eigenvalue weighted by molar-refractivity contribution is 5.99. The first-order chi connectivity index (χ1) is 17.7. The molecule has 0 bridgehead atoms. The van der Waals surface area contributed by atoms with E-state index in [1.807, 2.05) is 76.3 Å². The second kappa shape index (κ2) is 14.3. The standard InChI is InChI=1S/C31H35FN2O.C2H6/c1-22(11-9-12-23(2)21-29(35)34-25-13-7-6-8-14-25)16-17-27-24(3)26(18-19-31(27,4)5)30-28(32)15-10-20-33-30;1-2/h6-17,20-21,26H,18-19H2,1-5H3,(H,34,35);1-2H3/b12-9+,17-16+,22-11+,23-21-;. The number of rotatable bonds is 7. The van der Waals surface area contributed by atoms with E-state index in [1.165, 1.54) is 17.2 Å². The average molecular weight is 501 g/mol. The number of aromatic nitrogens is 1. The minimum atomic E-state index is -0.234. The highest BCUT2D eigenvalue weighted by Crippen LogP contribution is 2.47. The zero-order valence-electron chi connectivity index (χ0n) is 23.3. The van der Waals surface area contributed by atoms with Gasteiger partial charge >= 0.3 is 0 Å². The molecule has 1 aromatic heterocycles. The summed E-state index contributed by atoms with van der Waals surface area (Å²) in [5.41, 5.74) is 5.70. The van der Waals surface area contributed by atoms with E-state index >= 15 is 0 Å². The topological polar surface area (TPSA) is 42.0 Å². The number of hydrogen-bond donors (Lipinski definition) is 1. The van der Waals surface area contributed by atoms with Gasteiger partial charge in [-0.15, -0.1) is 0 Å². The average Bonchev–Trinajstić information content (AvgIpc) is 2.86. The predicted octanol–water partition coefficient (Wildman–Crippen LogP) is 9.11. The van der Waals surface area contributed by atoms with Crippen LogP contribution in [-0.2, 0) is 4.79 Å². The van der Waals surface area contributed by atoms with Crippen molar-refractivity contribution in [3.8, 4) is 0 Å². The molecule has 1 N–H and O–H groups in total. The zero-order chi connectivity index (χ0) is 27.4. The number of anilines is 1. The number of benzene rings is 1. The highest BCUT2D eigenvalue weighted by atomic mass is 19.1. The molecule has 1 aromatic carbocycles. The summed E-state index contributed by atoms with van der Waals surface area (Å²) in [6.45, 7) is 14.5. The SMILES string of the molecule is CC.CC1=C(/C=C/C(C)=C/C=C/C(C)=C\C(=O)Nc2ccccc2)C(C)(C)CCC1c1ncccc1F. The molecule has 0 spiro atoms. The molecule has 1 atom stereocenters. The van der Waals surface area contributed by atoms with Crippen LogP contribution in [0.4, 0.5) is 10.1 Å². The van der Waals surface area contributed by atoms with Crippen molar-refractivity contribution in [1.82, 2.24) is 4.98 Å². The van der Waals surface area contributed by atoms with Crippen molar-refractivity contribution in [2.75, 3.05) is 5.32 Å². The first-order valence-electron chi connectivity index (χ1n) is 13.1. The van der Waals surface area contributed by atoms with Crippen molar-refractivity contribution in [3.63, 3.8) is 0 Å². The summed E-state index contributed by atoms with van der Waals surface area (Å²) in [6.07, 6.45) is 15.3. The largest absolute Gasteiger partial charge is 0.323 e. The molecule has 0 saturated heterocycles. The Hall–Kier alpha value is -3.53. The van der Waals surface area contributed by atoms with Crippen LogP contribution in [0, 0.1) is 11.2 Å². The van der Waals surface area contributed by atoms with Crippen LogP contribution in [0.15, 0.2) is 107 Å². The lowest BCUT2D eigenvalue weighted by Crippen LogP contribution is -2.24. The van der Waals surface area contributed by atoms with Crippen molar-refractivity contribution < 1.29 is 9.18 Å². The maximum atomic E-state index is 14.4. The molecule has 0 aliphatic heterocycles. The quantitative estimate of drug-likeness (QED) is 0.304. The number of carbonyl (C=O) groups is 1. The Kier molecular flexibility index (Phi) is 11.5. The van der Waals surface area contributed by atoms with Crippen LogP contribution in [0.2, 0.25) is 0 Å². The van der Waals surface area contributed by atoms with Gasteiger partial charge in [-0.2, -0.15) is 0 Å². The maximum absolute atomic E-state index is 14.4. The third-order valence-corrected chi connectivity index (χ3v) is 6.48. The fourth-order valence-corrected chi connectivity index (χ4v) is 4.51. The highest BCUT2D eigenvalue weighted by Gasteiger charge is 2.34. The van der Waals surface area contributed by atoms with Gasteiger partial charge in [0.05, 0.1) is 5.69 Å². The Bertz CT molecular complexity index is 1200. The van der Waals surface area contributed by atoms with Crippen molar-refractivity contribution in [3.05, 3.63) is 119 Å². The number of hydrogen-bond acceptors (Lipinski definition) is 2. The summed E-state index contributed by atoms with van der Waals surface area (Å²) < 4.78 is 14.4. The summed E-state index contributed by atoms with van der Waals surface area (Å²) >= 11 is 0. The van der Waals surface area contributed by atoms with Gasteiger partial charge in [-0.25, -0.2) is 4.39 Å². The smallest absolute Gasteiger partial charge is 0.248 e. The van der Waals surface area contributed by atoms with Crippen molar-refractivity contribution in [2.24, 2.45) is 5.41 Å². The van der Waals surface area contributed by atoms with Gasteiger partial charge in [0, 0.05) is 23.9 Å². The third kappa shape index (κ3) is 8.82. The number of nitrogens with one attached hydrogen (secondary N) is 1. The molecule has 37 heavy (non-hydrogen) atoms. The minimum absolute atomic E-state index is 0.00266. The summed E-state index contributed by atoms with van der Waals surface area (Å²) in [4.78, 5) is 16.5. The van der Waals surface area contributed by atoms with Gasteiger partial charge in [-0.05, 0) is 74.4 Å². The van der Waals surface area contributed by atoms with Crippen molar-refractivity contribution in [2.45, 2.75) is 67.2 Å². The molecule has 1 aliphatic carbocycles. The first-order valence-corrected chi connectivity index (χ1v) is 13.1. The second-order valence-corrected chi connectivity index (χ2v) is 9.79. The number of pyridine rings is 1. The van der Waals surface area contributed by atoms with Gasteiger partial charge in [-0.3, -0.25) is 9.78 Å². The lowest BCUT2D eigenvalue weighted by Gasteiger charge is -2.37. The van der Waals surface area contributed by atoms with Crippen LogP contribution < -0.4 is 5.32 Å². The number of para-hydroxylation sites is 1. The lowest BCUT2D eigenvalue weighted by atomic mass is 9.68. The molecule has 3 rings (SSSR count). The second-order valence-electron chi connectivity index (χ2n) is 9.79. The van der Waals surface area contributed by atoms with E-state index in [4.69, 9.17) is 0 Å². The lowest BCUT2D eigenvalue weighted by molar-refractivity contribution is -0.111. The van der Waals surface area contributed by atoms with Gasteiger partial charge in [0.1, 0.15) is 5.82 Å². The van der Waals surface area contributed by atoms with Crippen molar-refractivity contribution in [1.29, 1.82) is 0 Å². The van der Waals surface area contributed by atoms with Gasteiger partial charge in [0.15, 0.2) is 0 Å². The van der Waals surface area contributed by atoms with Crippen LogP contribution in [-0.4, -0.2) is 10.9 Å². The number of allylic oxidation sites excluding steroid dienone is 9. The van der Waals surface area contributed by atoms with Crippen molar-refractivity contribution >= 4 is 11.6 Å². The summed E-state index contributed by atoms with van der Waals surface area (Å²) in [5, 5.41) is 2.85. The molecule has 2 aromatic rings. The molecule has 0 fully saturated rings. The van der Waals surface area contributed by atoms with E-state index in [9.17, 15) is 9.18 Å². The number of amides is 1. The van der Waals surface area contributed by atoms with E-state index in [0.29, 0.717) is 5.69 Å². The fourth-order valence-electron chi connectivity index (χ4n) is 4.51. The molecule has 0 saturated carbocycles. The van der Waals surface area contributed by atoms with E-state index in [-0.39, 0.29) is 23.1 Å². The van der Waals surface area contributed by atoms with Crippen LogP contribution in [0.1, 0.15) is 72.9 Å². The van der Waals surface area contributed by atoms with E-state index in [0.717, 1.165) is 29.7 Å². The monoisotopic (exact) mass is 500 g/mol. The molecule has 1 aliphatic rings. The van der Waals surface area contributed by atoms with Crippen LogP contribution in [0.25, 0.3) is 0 Å². The number of carbonyl (C=O) groups excluding carboxylic acids is 1. The minimum Gasteiger partial charge on any atom is -0.323 e. The molecular weight excluding hydrogens is 459 g/mol. The number of nitrogens with zero attached hydrogens (tertiary/aromatic N) is 1. The Morgan fingerprint density at radius 1 is 1.05 bits per heavy atom. The Balaban J connectivity index is 0.00000235. The van der Waals surface area contributed by atoms with Crippen LogP contribution in [0.3, 0.4) is 0 Å². The maximum Gasteiger partial charge on any atom is 0.248 e. The third-order valence-electron chi connectivity index (χ3n) is 6.48. The zero-order valence-corrected chi connectivity index (χ0v) is 23.3. The Morgan fingerprint density at radius 2 is 1.76 bits per heavy atom. The normalized spacial score (nSPS) is 18.1. The summed E-state index contributed by atoms with van der Waals surface area (Å²) in [7, 11) is 0. The molecule has 1 heterocycles. The van der Waals surface area contributed by atoms with Crippen LogP contribution in [0.5, 0.6) is 0 Å². The summed E-state index contributed by atoms with van der Waals surface area (Å²) in [6, 6.07) is 12.5. The van der Waals surface area contributed by atoms with Gasteiger partial charge in [-0.1, -0.05) is 87.4 Å². The van der Waals surface area contributed by atoms with Gasteiger partial charge < -0.3 is 5.32 Å². The fraction of sp³-hybridized carbons (Fsp3) is 0.333. The van der Waals surface area contributed by atoms with Crippen LogP contribution >= 0.6 is 0 Å².